The summed E-state index contributed by atoms with van der Waals surface area (Å²) < 4.78 is 22.0. The first-order valence-corrected chi connectivity index (χ1v) is 11.0. The largest absolute Gasteiger partial charge is 0.493 e. The van der Waals surface area contributed by atoms with Gasteiger partial charge in [0.15, 0.2) is 23.0 Å². The van der Waals surface area contributed by atoms with Gasteiger partial charge in [-0.1, -0.05) is 31.1 Å². The fraction of sp³-hybridized carbons (Fsp3) is 0.462. The van der Waals surface area contributed by atoms with Crippen LogP contribution >= 0.6 is 0 Å². The molecule has 1 spiro atoms. The predicted molar refractivity (Wildman–Crippen MR) is 124 cm³/mol. The van der Waals surface area contributed by atoms with Gasteiger partial charge in [-0.05, 0) is 53.8 Å². The van der Waals surface area contributed by atoms with Crippen LogP contribution in [0.5, 0.6) is 23.0 Å². The number of rotatable bonds is 7. The minimum Gasteiger partial charge on any atom is -0.493 e. The van der Waals surface area contributed by atoms with Crippen LogP contribution in [0.4, 0.5) is 0 Å². The Morgan fingerprint density at radius 1 is 0.839 bits per heavy atom. The fourth-order valence-electron chi connectivity index (χ4n) is 5.26. The van der Waals surface area contributed by atoms with Crippen LogP contribution in [-0.4, -0.2) is 46.4 Å². The van der Waals surface area contributed by atoms with E-state index in [-0.39, 0.29) is 5.41 Å². The highest BCUT2D eigenvalue weighted by atomic mass is 16.5. The molecule has 2 aliphatic rings. The van der Waals surface area contributed by atoms with E-state index in [1.807, 2.05) is 12.1 Å². The monoisotopic (exact) mass is 423 g/mol. The van der Waals surface area contributed by atoms with Gasteiger partial charge in [0.05, 0.1) is 28.4 Å². The van der Waals surface area contributed by atoms with E-state index < -0.39 is 0 Å². The number of fused-ring (bicyclic) bond motifs is 2. The Morgan fingerprint density at radius 3 is 2.16 bits per heavy atom. The molecule has 0 unspecified atom stereocenters. The van der Waals surface area contributed by atoms with Gasteiger partial charge in [-0.15, -0.1) is 0 Å². The third-order valence-electron chi connectivity index (χ3n) is 6.74. The Morgan fingerprint density at radius 2 is 1.48 bits per heavy atom. The number of hydrogen-bond donors (Lipinski definition) is 0. The van der Waals surface area contributed by atoms with E-state index in [9.17, 15) is 0 Å². The summed E-state index contributed by atoms with van der Waals surface area (Å²) in [5, 5.41) is 0. The Kier molecular flexibility index (Phi) is 6.42. The zero-order valence-corrected chi connectivity index (χ0v) is 19.1. The highest BCUT2D eigenvalue weighted by Crippen LogP contribution is 2.48. The van der Waals surface area contributed by atoms with Crippen LogP contribution in [0.25, 0.3) is 6.08 Å². The molecule has 0 bridgehead atoms. The van der Waals surface area contributed by atoms with Crippen LogP contribution in [-0.2, 0) is 12.0 Å². The SMILES string of the molecule is COc1ccc(C=CCN2Cc3cc(OC)c(OC)cc3C3(CCCC3)C2)cc1OC. The summed E-state index contributed by atoms with van der Waals surface area (Å²) >= 11 is 0. The molecule has 0 aromatic heterocycles. The smallest absolute Gasteiger partial charge is 0.161 e. The zero-order valence-electron chi connectivity index (χ0n) is 19.1. The van der Waals surface area contributed by atoms with Gasteiger partial charge in [0.1, 0.15) is 0 Å². The van der Waals surface area contributed by atoms with Gasteiger partial charge < -0.3 is 18.9 Å². The summed E-state index contributed by atoms with van der Waals surface area (Å²) in [6, 6.07) is 10.4. The second-order valence-electron chi connectivity index (χ2n) is 8.54. The molecule has 166 valence electrons. The molecule has 0 saturated heterocycles. The van der Waals surface area contributed by atoms with Crippen LogP contribution in [0.2, 0.25) is 0 Å². The lowest BCUT2D eigenvalue weighted by Gasteiger charge is -2.42. The minimum absolute atomic E-state index is 0.226. The van der Waals surface area contributed by atoms with E-state index in [1.165, 1.54) is 36.8 Å². The van der Waals surface area contributed by atoms with E-state index in [2.05, 4.69) is 35.3 Å². The maximum atomic E-state index is 5.61. The molecule has 0 radical (unpaired) electrons. The van der Waals surface area contributed by atoms with Crippen LogP contribution < -0.4 is 18.9 Å². The van der Waals surface area contributed by atoms with Crippen LogP contribution in [0.15, 0.2) is 36.4 Å². The van der Waals surface area contributed by atoms with E-state index in [1.54, 1.807) is 28.4 Å². The molecule has 1 aliphatic carbocycles. The number of nitrogens with zero attached hydrogens (tertiary/aromatic N) is 1. The van der Waals surface area contributed by atoms with Crippen molar-refractivity contribution >= 4 is 6.08 Å². The average Bonchev–Trinajstić information content (AvgIpc) is 3.26. The third kappa shape index (κ3) is 4.24. The quantitative estimate of drug-likeness (QED) is 0.622. The standard InChI is InChI=1S/C26H33NO4/c1-28-22-10-9-19(14-23(22)29-2)8-7-13-27-17-20-15-24(30-3)25(31-4)16-21(20)26(18-27)11-5-6-12-26/h7-10,14-16H,5-6,11-13,17-18H2,1-4H3. The lowest BCUT2D eigenvalue weighted by atomic mass is 9.73. The van der Waals surface area contributed by atoms with E-state index in [0.29, 0.717) is 0 Å². The summed E-state index contributed by atoms with van der Waals surface area (Å²) in [5.74, 6) is 3.16. The number of ether oxygens (including phenoxy) is 4. The van der Waals surface area contributed by atoms with E-state index in [4.69, 9.17) is 18.9 Å². The summed E-state index contributed by atoms with van der Waals surface area (Å²) in [6.45, 7) is 2.92. The first kappa shape index (κ1) is 21.6. The van der Waals surface area contributed by atoms with Crippen molar-refractivity contribution < 1.29 is 18.9 Å². The van der Waals surface area contributed by atoms with Crippen molar-refractivity contribution in [3.8, 4) is 23.0 Å². The van der Waals surface area contributed by atoms with Crippen molar-refractivity contribution in [2.24, 2.45) is 0 Å². The molecule has 1 fully saturated rings. The lowest BCUT2D eigenvalue weighted by molar-refractivity contribution is 0.192. The van der Waals surface area contributed by atoms with Crippen LogP contribution in [0, 0.1) is 0 Å². The Labute approximate surface area is 185 Å². The number of benzene rings is 2. The molecule has 5 nitrogen and oxygen atoms in total. The summed E-state index contributed by atoms with van der Waals surface area (Å²) in [4.78, 5) is 2.55. The molecule has 2 aromatic rings. The Bertz CT molecular complexity index is 947. The molecule has 0 N–H and O–H groups in total. The van der Waals surface area contributed by atoms with Gasteiger partial charge in [-0.2, -0.15) is 0 Å². The van der Waals surface area contributed by atoms with Crippen molar-refractivity contribution in [3.63, 3.8) is 0 Å². The number of hydrogen-bond acceptors (Lipinski definition) is 5. The second kappa shape index (κ2) is 9.23. The van der Waals surface area contributed by atoms with Gasteiger partial charge in [0.25, 0.3) is 0 Å². The summed E-state index contributed by atoms with van der Waals surface area (Å²) in [6.07, 6.45) is 9.48. The first-order valence-electron chi connectivity index (χ1n) is 11.0. The van der Waals surface area contributed by atoms with Gasteiger partial charge >= 0.3 is 0 Å². The zero-order chi connectivity index (χ0) is 21.8. The molecule has 2 aromatic carbocycles. The van der Waals surface area contributed by atoms with Crippen molar-refractivity contribution in [2.45, 2.75) is 37.6 Å². The summed E-state index contributed by atoms with van der Waals surface area (Å²) in [7, 11) is 6.76. The molecular formula is C26H33NO4. The molecule has 1 heterocycles. The lowest BCUT2D eigenvalue weighted by Crippen LogP contribution is -2.44. The topological polar surface area (TPSA) is 40.2 Å². The minimum atomic E-state index is 0.226. The first-order chi connectivity index (χ1) is 15.1. The molecule has 4 rings (SSSR count). The predicted octanol–water partition coefficient (Wildman–Crippen LogP) is 5.06. The highest BCUT2D eigenvalue weighted by Gasteiger charge is 2.42. The molecular weight excluding hydrogens is 390 g/mol. The maximum Gasteiger partial charge on any atom is 0.161 e. The Hall–Kier alpha value is -2.66. The average molecular weight is 424 g/mol. The molecule has 5 heteroatoms. The maximum absolute atomic E-state index is 5.61. The van der Waals surface area contributed by atoms with Gasteiger partial charge in [0, 0.05) is 25.0 Å². The second-order valence-corrected chi connectivity index (χ2v) is 8.54. The molecule has 0 amide bonds. The molecule has 31 heavy (non-hydrogen) atoms. The van der Waals surface area contributed by atoms with Crippen molar-refractivity contribution in [3.05, 3.63) is 53.1 Å². The molecule has 1 aliphatic heterocycles. The van der Waals surface area contributed by atoms with Crippen LogP contribution in [0.3, 0.4) is 0 Å². The van der Waals surface area contributed by atoms with Gasteiger partial charge in [-0.25, -0.2) is 0 Å². The van der Waals surface area contributed by atoms with Crippen molar-refractivity contribution in [2.75, 3.05) is 41.5 Å². The van der Waals surface area contributed by atoms with Crippen molar-refractivity contribution in [1.29, 1.82) is 0 Å². The van der Waals surface area contributed by atoms with Gasteiger partial charge in [0.2, 0.25) is 0 Å². The fourth-order valence-corrected chi connectivity index (χ4v) is 5.26. The van der Waals surface area contributed by atoms with Gasteiger partial charge in [-0.3, -0.25) is 4.90 Å². The number of methoxy groups -OCH3 is 4. The van der Waals surface area contributed by atoms with Crippen molar-refractivity contribution in [1.82, 2.24) is 4.90 Å². The summed E-state index contributed by atoms with van der Waals surface area (Å²) in [5.41, 5.74) is 4.16. The highest BCUT2D eigenvalue weighted by molar-refractivity contribution is 5.56. The Balaban J connectivity index is 1.55. The van der Waals surface area contributed by atoms with E-state index >= 15 is 0 Å². The normalized spacial score (nSPS) is 17.7. The molecule has 0 atom stereocenters. The van der Waals surface area contributed by atoms with Crippen LogP contribution in [0.1, 0.15) is 42.4 Å². The molecule has 1 saturated carbocycles. The van der Waals surface area contributed by atoms with E-state index in [0.717, 1.165) is 48.2 Å². The third-order valence-corrected chi connectivity index (χ3v) is 6.74.